The molecule has 1 saturated heterocycles. The molecule has 0 spiro atoms. The summed E-state index contributed by atoms with van der Waals surface area (Å²) in [5, 5.41) is 18.5. The van der Waals surface area contributed by atoms with E-state index in [0.29, 0.717) is 63.2 Å². The largest absolute Gasteiger partial charge is 0.481 e. The Hall–Kier alpha value is -2.92. The molecule has 2 N–H and O–H groups in total. The zero-order valence-corrected chi connectivity index (χ0v) is 21.9. The number of carboxylic acid groups (broad SMARTS) is 2. The van der Waals surface area contributed by atoms with Gasteiger partial charge < -0.3 is 15.1 Å². The topological polar surface area (TPSA) is 118 Å². The zero-order chi connectivity index (χ0) is 26.2. The summed E-state index contributed by atoms with van der Waals surface area (Å²) < 4.78 is 0. The minimum atomic E-state index is -0.858. The number of carbonyl (C=O) groups is 4. The molecule has 2 heterocycles. The minimum Gasteiger partial charge on any atom is -0.481 e. The van der Waals surface area contributed by atoms with E-state index < -0.39 is 23.8 Å². The number of para-hydroxylation sites is 1. The van der Waals surface area contributed by atoms with E-state index in [9.17, 15) is 19.2 Å². The Kier molecular flexibility index (Phi) is 9.89. The lowest BCUT2D eigenvalue weighted by Crippen LogP contribution is -2.57. The molecule has 2 aliphatic rings. The van der Waals surface area contributed by atoms with E-state index in [1.54, 1.807) is 0 Å². The molecule has 0 saturated carbocycles. The molecule has 2 aliphatic heterocycles. The van der Waals surface area contributed by atoms with Crippen LogP contribution in [0.2, 0.25) is 0 Å². The van der Waals surface area contributed by atoms with Crippen LogP contribution in [0.15, 0.2) is 39.8 Å². The highest BCUT2D eigenvalue weighted by Crippen LogP contribution is 2.47. The van der Waals surface area contributed by atoms with Crippen LogP contribution in [0, 0.1) is 0 Å². The third kappa shape index (κ3) is 6.44. The number of aliphatic carboxylic acids is 2. The van der Waals surface area contributed by atoms with Crippen LogP contribution in [0.25, 0.3) is 0 Å². The number of rotatable bonds is 13. The molecule has 0 unspecified atom stereocenters. The van der Waals surface area contributed by atoms with E-state index >= 15 is 0 Å². The molecule has 0 bridgehead atoms. The van der Waals surface area contributed by atoms with E-state index in [2.05, 4.69) is 0 Å². The Bertz CT molecular complexity index is 1030. The van der Waals surface area contributed by atoms with Crippen LogP contribution in [0.5, 0.6) is 0 Å². The Labute approximate surface area is 220 Å². The van der Waals surface area contributed by atoms with Crippen LogP contribution in [0.3, 0.4) is 0 Å². The molecule has 3 rings (SSSR count). The van der Waals surface area contributed by atoms with E-state index in [1.807, 2.05) is 36.1 Å². The fraction of sp³-hybridized carbons (Fsp3) is 0.480. The molecule has 0 radical (unpaired) electrons. The summed E-state index contributed by atoms with van der Waals surface area (Å²) in [6.07, 6.45) is 3.49. The second kappa shape index (κ2) is 12.9. The number of hydrogen-bond acceptors (Lipinski definition) is 7. The predicted octanol–water partition coefficient (Wildman–Crippen LogP) is 4.08. The first-order valence-electron chi connectivity index (χ1n) is 12.2. The highest BCUT2D eigenvalue weighted by atomic mass is 32.2. The number of benzene rings is 1. The molecule has 0 atom stereocenters. The van der Waals surface area contributed by atoms with Crippen molar-refractivity contribution in [3.8, 4) is 0 Å². The maximum absolute atomic E-state index is 13.6. The van der Waals surface area contributed by atoms with Gasteiger partial charge in [-0.2, -0.15) is 0 Å². The zero-order valence-electron chi connectivity index (χ0n) is 20.3. The molecular formula is C25H31N3O6S2. The Morgan fingerprint density at radius 1 is 0.833 bits per heavy atom. The van der Waals surface area contributed by atoms with Crippen molar-refractivity contribution < 1.29 is 29.4 Å². The second-order valence-electron chi connectivity index (χ2n) is 8.60. The van der Waals surface area contributed by atoms with Gasteiger partial charge in [0, 0.05) is 37.4 Å². The van der Waals surface area contributed by atoms with Crippen molar-refractivity contribution in [2.45, 2.75) is 63.2 Å². The Morgan fingerprint density at radius 3 is 1.86 bits per heavy atom. The highest BCUT2D eigenvalue weighted by molar-refractivity contribution is 8.03. The monoisotopic (exact) mass is 533 g/mol. The van der Waals surface area contributed by atoms with Crippen LogP contribution in [0.1, 0.15) is 58.3 Å². The van der Waals surface area contributed by atoms with E-state index in [4.69, 9.17) is 22.4 Å². The number of unbranched alkanes of at least 4 members (excludes halogenated alkanes) is 4. The van der Waals surface area contributed by atoms with Crippen molar-refractivity contribution >= 4 is 58.5 Å². The molecule has 1 fully saturated rings. The number of carbonyl (C=O) groups excluding carboxylic acids is 2. The number of anilines is 1. The third-order valence-electron chi connectivity index (χ3n) is 6.06. The molecule has 194 valence electrons. The van der Waals surface area contributed by atoms with Gasteiger partial charge in [0.15, 0.2) is 5.11 Å². The number of thioether (sulfide) groups is 1. The van der Waals surface area contributed by atoms with Gasteiger partial charge in [-0.1, -0.05) is 36.7 Å². The van der Waals surface area contributed by atoms with Gasteiger partial charge in [-0.3, -0.25) is 29.0 Å². The van der Waals surface area contributed by atoms with Crippen molar-refractivity contribution in [2.75, 3.05) is 24.5 Å². The maximum atomic E-state index is 13.6. The fourth-order valence-electron chi connectivity index (χ4n) is 4.24. The first-order valence-corrected chi connectivity index (χ1v) is 13.4. The van der Waals surface area contributed by atoms with Gasteiger partial charge in [0.1, 0.15) is 5.57 Å². The van der Waals surface area contributed by atoms with Gasteiger partial charge in [-0.25, -0.2) is 0 Å². The van der Waals surface area contributed by atoms with Gasteiger partial charge in [0.05, 0.1) is 10.7 Å². The van der Waals surface area contributed by atoms with Crippen molar-refractivity contribution in [1.29, 1.82) is 0 Å². The molecule has 1 aromatic carbocycles. The van der Waals surface area contributed by atoms with Crippen LogP contribution >= 0.6 is 24.0 Å². The molecular weight excluding hydrogens is 502 g/mol. The van der Waals surface area contributed by atoms with E-state index in [1.165, 1.54) is 21.6 Å². The van der Waals surface area contributed by atoms with Gasteiger partial charge in [-0.15, -0.1) is 0 Å². The lowest BCUT2D eigenvalue weighted by molar-refractivity contribution is -0.138. The van der Waals surface area contributed by atoms with E-state index in [0.717, 1.165) is 10.6 Å². The molecule has 0 aliphatic carbocycles. The van der Waals surface area contributed by atoms with Crippen LogP contribution in [-0.4, -0.2) is 68.5 Å². The summed E-state index contributed by atoms with van der Waals surface area (Å²) in [5.41, 5.74) is 1.03. The highest BCUT2D eigenvalue weighted by Gasteiger charge is 2.43. The normalized spacial score (nSPS) is 15.7. The summed E-state index contributed by atoms with van der Waals surface area (Å²) in [4.78, 5) is 54.7. The van der Waals surface area contributed by atoms with Crippen molar-refractivity contribution in [2.24, 2.45) is 0 Å². The summed E-state index contributed by atoms with van der Waals surface area (Å²) in [5.74, 6) is -2.58. The van der Waals surface area contributed by atoms with Crippen molar-refractivity contribution in [3.63, 3.8) is 0 Å². The smallest absolute Gasteiger partial charge is 0.303 e. The van der Waals surface area contributed by atoms with Crippen molar-refractivity contribution in [1.82, 2.24) is 9.80 Å². The van der Waals surface area contributed by atoms with Gasteiger partial charge in [0.2, 0.25) is 0 Å². The molecule has 11 heteroatoms. The van der Waals surface area contributed by atoms with Crippen LogP contribution in [-0.2, 0) is 19.2 Å². The first-order chi connectivity index (χ1) is 17.3. The summed E-state index contributed by atoms with van der Waals surface area (Å²) in [6.45, 7) is 3.13. The molecule has 2 amide bonds. The number of amides is 2. The van der Waals surface area contributed by atoms with Crippen LogP contribution in [0.4, 0.5) is 5.69 Å². The first kappa shape index (κ1) is 27.7. The van der Waals surface area contributed by atoms with Gasteiger partial charge >= 0.3 is 11.9 Å². The summed E-state index contributed by atoms with van der Waals surface area (Å²) >= 11 is 6.97. The average Bonchev–Trinajstić information content (AvgIpc) is 3.20. The maximum Gasteiger partial charge on any atom is 0.303 e. The summed E-state index contributed by atoms with van der Waals surface area (Å²) in [7, 11) is 0. The standard InChI is InChI=1S/C25H31N3O6S2/c1-2-26-17-11-7-8-12-18(17)36-24(26)21-22(33)27(15-9-3-5-13-19(29)30)25(35)28(23(21)34)16-10-4-6-14-20(31)32/h7-8,11-12H,2-6,9-10,13-16H2,1H3,(H,29,30)(H,31,32). The quantitative estimate of drug-likeness (QED) is 0.167. The minimum absolute atomic E-state index is 0.0645. The van der Waals surface area contributed by atoms with Gasteiger partial charge in [-0.05, 0) is 57.0 Å². The number of thiocarbonyl (C=S) groups is 1. The third-order valence-corrected chi connectivity index (χ3v) is 7.69. The molecule has 9 nitrogen and oxygen atoms in total. The van der Waals surface area contributed by atoms with Crippen molar-refractivity contribution in [3.05, 3.63) is 34.9 Å². The van der Waals surface area contributed by atoms with E-state index in [-0.39, 0.29) is 23.5 Å². The second-order valence-corrected chi connectivity index (χ2v) is 9.99. The molecule has 0 aromatic heterocycles. The Balaban J connectivity index is 1.85. The molecule has 36 heavy (non-hydrogen) atoms. The SMILES string of the molecule is CCN1C(=C2C(=O)N(CCCCCC(=O)O)C(=S)N(CCCCCC(=O)O)C2=O)Sc2ccccc21. The lowest BCUT2D eigenvalue weighted by Gasteiger charge is -2.38. The number of fused-ring (bicyclic) bond motifs is 1. The van der Waals surface area contributed by atoms with Gasteiger partial charge in [0.25, 0.3) is 11.8 Å². The fourth-order valence-corrected chi connectivity index (χ4v) is 5.84. The number of nitrogens with zero attached hydrogens (tertiary/aromatic N) is 3. The summed E-state index contributed by atoms with van der Waals surface area (Å²) in [6, 6.07) is 7.75. The number of carboxylic acids is 2. The lowest BCUT2D eigenvalue weighted by atomic mass is 10.1. The van der Waals surface area contributed by atoms with Crippen LogP contribution < -0.4 is 4.90 Å². The number of hydrogen-bond donors (Lipinski definition) is 2. The average molecular weight is 534 g/mol. The molecule has 1 aromatic rings. The Morgan fingerprint density at radius 2 is 1.36 bits per heavy atom. The predicted molar refractivity (Wildman–Crippen MR) is 141 cm³/mol.